The molecule has 0 radical (unpaired) electrons. The summed E-state index contributed by atoms with van der Waals surface area (Å²) in [5, 5.41) is 0. The molecule has 0 saturated carbocycles. The van der Waals surface area contributed by atoms with Gasteiger partial charge in [-0.1, -0.05) is 12.5 Å². The van der Waals surface area contributed by atoms with E-state index in [2.05, 4.69) is 13.8 Å². The van der Waals surface area contributed by atoms with Crippen molar-refractivity contribution in [2.45, 2.75) is 34.1 Å². The summed E-state index contributed by atoms with van der Waals surface area (Å²) >= 11 is 0. The molecule has 0 amide bonds. The van der Waals surface area contributed by atoms with Gasteiger partial charge in [-0.3, -0.25) is 4.79 Å². The molecule has 0 atom stereocenters. The van der Waals surface area contributed by atoms with Crippen LogP contribution in [0.15, 0.2) is 11.1 Å². The highest BCUT2D eigenvalue weighted by molar-refractivity contribution is 5.66. The van der Waals surface area contributed by atoms with Crippen molar-refractivity contribution in [2.24, 2.45) is 0 Å². The fourth-order valence-corrected chi connectivity index (χ4v) is 0.635. The molecule has 0 unspecified atom stereocenters. The van der Waals surface area contributed by atoms with E-state index in [1.165, 1.54) is 12.5 Å². The Morgan fingerprint density at radius 1 is 1.18 bits per heavy atom. The van der Waals surface area contributed by atoms with Crippen LogP contribution in [0.2, 0.25) is 0 Å². The van der Waals surface area contributed by atoms with Crippen LogP contribution in [-0.4, -0.2) is 12.6 Å². The number of hydrogen-bond acceptors (Lipinski definition) is 2. The zero-order valence-electron chi connectivity index (χ0n) is 7.73. The van der Waals surface area contributed by atoms with E-state index in [1.54, 1.807) is 0 Å². The molecule has 0 aromatic heterocycles. The fraction of sp³-hybridized carbons (Fsp3) is 0.667. The maximum absolute atomic E-state index is 10.4. The van der Waals surface area contributed by atoms with E-state index in [9.17, 15) is 4.79 Å². The van der Waals surface area contributed by atoms with Crippen molar-refractivity contribution in [1.29, 1.82) is 0 Å². The molecule has 0 fully saturated rings. The molecule has 0 N–H and O–H groups in total. The van der Waals surface area contributed by atoms with Gasteiger partial charge in [0.05, 0.1) is 0 Å². The molecule has 0 saturated heterocycles. The Morgan fingerprint density at radius 2 is 1.73 bits per heavy atom. The predicted octanol–water partition coefficient (Wildman–Crippen LogP) is 2.30. The Morgan fingerprint density at radius 3 is 2.09 bits per heavy atom. The molecule has 0 aliphatic rings. The normalized spacial score (nSPS) is 12.4. The van der Waals surface area contributed by atoms with Gasteiger partial charge >= 0.3 is 5.97 Å². The van der Waals surface area contributed by atoms with Gasteiger partial charge in [0.15, 0.2) is 0 Å². The molecule has 64 valence electrons. The van der Waals surface area contributed by atoms with Crippen molar-refractivity contribution in [3.05, 3.63) is 11.1 Å². The number of carbonyl (C=O) groups excluding carboxylic acids is 1. The minimum Gasteiger partial charge on any atom is -0.461 e. The average molecular weight is 156 g/mol. The highest BCUT2D eigenvalue weighted by atomic mass is 16.5. The van der Waals surface area contributed by atoms with Gasteiger partial charge in [0.1, 0.15) is 6.61 Å². The largest absolute Gasteiger partial charge is 0.461 e. The van der Waals surface area contributed by atoms with Crippen molar-refractivity contribution in [1.82, 2.24) is 0 Å². The van der Waals surface area contributed by atoms with Gasteiger partial charge in [-0.2, -0.15) is 0 Å². The van der Waals surface area contributed by atoms with E-state index < -0.39 is 0 Å². The van der Waals surface area contributed by atoms with E-state index in [0.717, 1.165) is 12.0 Å². The highest BCUT2D eigenvalue weighted by Crippen LogP contribution is 2.06. The minimum absolute atomic E-state index is 0.215. The van der Waals surface area contributed by atoms with E-state index in [4.69, 9.17) is 4.74 Å². The second-order valence-corrected chi connectivity index (χ2v) is 2.69. The van der Waals surface area contributed by atoms with Gasteiger partial charge in [-0.25, -0.2) is 0 Å². The smallest absolute Gasteiger partial charge is 0.302 e. The lowest BCUT2D eigenvalue weighted by Crippen LogP contribution is -2.02. The number of rotatable bonds is 3. The van der Waals surface area contributed by atoms with Gasteiger partial charge in [-0.05, 0) is 25.8 Å². The van der Waals surface area contributed by atoms with Crippen LogP contribution in [0.3, 0.4) is 0 Å². The van der Waals surface area contributed by atoms with Crippen LogP contribution in [0.5, 0.6) is 0 Å². The summed E-state index contributed by atoms with van der Waals surface area (Å²) in [6, 6.07) is 0. The zero-order chi connectivity index (χ0) is 8.85. The first kappa shape index (κ1) is 10.2. The molecule has 0 aromatic carbocycles. The molecule has 0 aliphatic carbocycles. The molecule has 11 heavy (non-hydrogen) atoms. The maximum atomic E-state index is 10.4. The summed E-state index contributed by atoms with van der Waals surface area (Å²) in [6.07, 6.45) is 1.02. The van der Waals surface area contributed by atoms with Crippen LogP contribution in [0.25, 0.3) is 0 Å². The third-order valence-electron chi connectivity index (χ3n) is 1.75. The Kier molecular flexibility index (Phi) is 4.59. The first-order chi connectivity index (χ1) is 5.07. The van der Waals surface area contributed by atoms with Gasteiger partial charge in [0.2, 0.25) is 0 Å². The summed E-state index contributed by atoms with van der Waals surface area (Å²) < 4.78 is 4.83. The van der Waals surface area contributed by atoms with Crippen molar-refractivity contribution in [2.75, 3.05) is 6.61 Å². The maximum Gasteiger partial charge on any atom is 0.302 e. The van der Waals surface area contributed by atoms with Crippen LogP contribution in [0.4, 0.5) is 0 Å². The lowest BCUT2D eigenvalue weighted by molar-refractivity contribution is -0.139. The Labute approximate surface area is 68.2 Å². The molecule has 2 nitrogen and oxygen atoms in total. The van der Waals surface area contributed by atoms with Gasteiger partial charge in [-0.15, -0.1) is 0 Å². The third-order valence-corrected chi connectivity index (χ3v) is 1.75. The highest BCUT2D eigenvalue weighted by Gasteiger charge is 1.97. The van der Waals surface area contributed by atoms with Crippen molar-refractivity contribution in [3.8, 4) is 0 Å². The second kappa shape index (κ2) is 4.94. The van der Waals surface area contributed by atoms with Gasteiger partial charge in [0.25, 0.3) is 0 Å². The Bertz CT molecular complexity index is 168. The zero-order valence-corrected chi connectivity index (χ0v) is 7.73. The van der Waals surface area contributed by atoms with E-state index in [-0.39, 0.29) is 5.97 Å². The molecular formula is C9H16O2. The summed E-state index contributed by atoms with van der Waals surface area (Å²) in [5.74, 6) is -0.215. The van der Waals surface area contributed by atoms with Crippen molar-refractivity contribution < 1.29 is 9.53 Å². The van der Waals surface area contributed by atoms with Crippen molar-refractivity contribution in [3.63, 3.8) is 0 Å². The number of carbonyl (C=O) groups is 1. The molecule has 2 heteroatoms. The Balaban J connectivity index is 3.85. The number of esters is 1. The van der Waals surface area contributed by atoms with Crippen LogP contribution in [-0.2, 0) is 9.53 Å². The lowest BCUT2D eigenvalue weighted by atomic mass is 10.1. The summed E-state index contributed by atoms with van der Waals surface area (Å²) in [4.78, 5) is 10.4. The number of hydrogen-bond donors (Lipinski definition) is 0. The SMILES string of the molecule is CCC(C)=C(C)COC(C)=O. The van der Waals surface area contributed by atoms with E-state index in [0.29, 0.717) is 6.61 Å². The molecule has 0 rings (SSSR count). The molecular weight excluding hydrogens is 140 g/mol. The van der Waals surface area contributed by atoms with Gasteiger partial charge < -0.3 is 4.74 Å². The van der Waals surface area contributed by atoms with E-state index >= 15 is 0 Å². The number of allylic oxidation sites excluding steroid dienone is 1. The number of ether oxygens (including phenoxy) is 1. The lowest BCUT2D eigenvalue weighted by Gasteiger charge is -2.05. The van der Waals surface area contributed by atoms with Gasteiger partial charge in [0, 0.05) is 6.92 Å². The van der Waals surface area contributed by atoms with Crippen LogP contribution < -0.4 is 0 Å². The molecule has 0 aromatic rings. The molecule has 0 heterocycles. The average Bonchev–Trinajstić information content (AvgIpc) is 1.98. The van der Waals surface area contributed by atoms with Crippen LogP contribution in [0.1, 0.15) is 34.1 Å². The molecule has 0 aliphatic heterocycles. The topological polar surface area (TPSA) is 26.3 Å². The monoisotopic (exact) mass is 156 g/mol. The third kappa shape index (κ3) is 4.59. The van der Waals surface area contributed by atoms with E-state index in [1.807, 2.05) is 6.92 Å². The summed E-state index contributed by atoms with van der Waals surface area (Å²) in [6.45, 7) is 8.00. The summed E-state index contributed by atoms with van der Waals surface area (Å²) in [5.41, 5.74) is 2.45. The fourth-order valence-electron chi connectivity index (χ4n) is 0.635. The van der Waals surface area contributed by atoms with Crippen LogP contribution >= 0.6 is 0 Å². The molecule has 0 bridgehead atoms. The van der Waals surface area contributed by atoms with Crippen LogP contribution in [0, 0.1) is 0 Å². The standard InChI is InChI=1S/C9H16O2/c1-5-7(2)8(3)6-11-9(4)10/h5-6H2,1-4H3. The first-order valence-electron chi connectivity index (χ1n) is 3.86. The first-order valence-corrected chi connectivity index (χ1v) is 3.86. The Hall–Kier alpha value is -0.790. The molecule has 0 spiro atoms. The quantitative estimate of drug-likeness (QED) is 0.463. The van der Waals surface area contributed by atoms with Crippen molar-refractivity contribution >= 4 is 5.97 Å². The predicted molar refractivity (Wildman–Crippen MR) is 45.3 cm³/mol. The minimum atomic E-state index is -0.215. The second-order valence-electron chi connectivity index (χ2n) is 2.69. The summed E-state index contributed by atoms with van der Waals surface area (Å²) in [7, 11) is 0.